The van der Waals surface area contributed by atoms with E-state index in [0.29, 0.717) is 17.4 Å². The summed E-state index contributed by atoms with van der Waals surface area (Å²) in [7, 11) is 0. The van der Waals surface area contributed by atoms with Crippen molar-refractivity contribution in [3.8, 4) is 0 Å². The number of hydrogen-bond acceptors (Lipinski definition) is 7. The number of carbonyl (C=O) groups excluding carboxylic acids is 1. The summed E-state index contributed by atoms with van der Waals surface area (Å²) in [6.45, 7) is 0. The second-order valence-corrected chi connectivity index (χ2v) is 10.4. The molecule has 3 aromatic heterocycles. The number of thioether (sulfide) groups is 1. The van der Waals surface area contributed by atoms with Crippen molar-refractivity contribution in [1.29, 1.82) is 0 Å². The normalized spacial score (nSPS) is 17.6. The molecule has 1 N–H and O–H groups in total. The molecule has 1 amide bonds. The molecular formula is C24H21FN6O2S2. The molecule has 0 saturated heterocycles. The summed E-state index contributed by atoms with van der Waals surface area (Å²) in [6, 6.07) is 9.85. The van der Waals surface area contributed by atoms with Crippen LogP contribution in [0.1, 0.15) is 47.0 Å². The van der Waals surface area contributed by atoms with Crippen LogP contribution in [0.15, 0.2) is 56.8 Å². The maximum absolute atomic E-state index is 13.5. The summed E-state index contributed by atoms with van der Waals surface area (Å²) in [5.74, 6) is 0.00711. The van der Waals surface area contributed by atoms with Crippen molar-refractivity contribution >= 4 is 40.5 Å². The average molecular weight is 509 g/mol. The van der Waals surface area contributed by atoms with Gasteiger partial charge in [-0.25, -0.2) is 9.40 Å². The maximum Gasteiger partial charge on any atom is 0.255 e. The molecule has 35 heavy (non-hydrogen) atoms. The van der Waals surface area contributed by atoms with Gasteiger partial charge in [0.25, 0.3) is 11.5 Å². The summed E-state index contributed by atoms with van der Waals surface area (Å²) < 4.78 is 15.4. The number of fused-ring (bicyclic) bond motifs is 3. The predicted octanol–water partition coefficient (Wildman–Crippen LogP) is 3.97. The van der Waals surface area contributed by atoms with Crippen molar-refractivity contribution in [2.45, 2.75) is 43.3 Å². The fourth-order valence-electron chi connectivity index (χ4n) is 4.71. The summed E-state index contributed by atoms with van der Waals surface area (Å²) in [5.41, 5.74) is 3.27. The van der Waals surface area contributed by atoms with E-state index in [1.54, 1.807) is 23.5 Å². The minimum Gasteiger partial charge on any atom is -0.290 e. The van der Waals surface area contributed by atoms with Crippen LogP contribution in [0.4, 0.5) is 4.39 Å². The van der Waals surface area contributed by atoms with Gasteiger partial charge >= 0.3 is 0 Å². The molecule has 1 aliphatic carbocycles. The Hall–Kier alpha value is -3.31. The van der Waals surface area contributed by atoms with E-state index in [9.17, 15) is 14.0 Å². The van der Waals surface area contributed by atoms with Gasteiger partial charge in [-0.15, -0.1) is 21.5 Å². The molecule has 178 valence electrons. The van der Waals surface area contributed by atoms with Crippen LogP contribution in [-0.4, -0.2) is 42.0 Å². The third-order valence-electron chi connectivity index (χ3n) is 6.39. The van der Waals surface area contributed by atoms with E-state index < -0.39 is 0 Å². The minimum absolute atomic E-state index is 0.105. The molecule has 8 nitrogen and oxygen atoms in total. The summed E-state index contributed by atoms with van der Waals surface area (Å²) in [5, 5.41) is 17.1. The van der Waals surface area contributed by atoms with Crippen molar-refractivity contribution in [1.82, 2.24) is 24.6 Å². The lowest BCUT2D eigenvalue weighted by Crippen LogP contribution is -2.28. The fraction of sp³-hybridized carbons (Fsp3) is 0.292. The first-order valence-electron chi connectivity index (χ1n) is 11.4. The van der Waals surface area contributed by atoms with E-state index >= 15 is 0 Å². The molecule has 1 atom stereocenters. The van der Waals surface area contributed by atoms with Gasteiger partial charge in [0.15, 0.2) is 5.16 Å². The van der Waals surface area contributed by atoms with E-state index in [-0.39, 0.29) is 29.1 Å². The number of amides is 1. The molecule has 1 aliphatic heterocycles. The number of aromatic amines is 1. The average Bonchev–Trinajstić information content (AvgIpc) is 3.63. The molecule has 1 aromatic carbocycles. The van der Waals surface area contributed by atoms with Gasteiger partial charge in [0.05, 0.1) is 22.4 Å². The van der Waals surface area contributed by atoms with Crippen LogP contribution < -0.4 is 5.56 Å². The van der Waals surface area contributed by atoms with Gasteiger partial charge in [0, 0.05) is 17.7 Å². The molecule has 4 heterocycles. The molecule has 6 rings (SSSR count). The van der Waals surface area contributed by atoms with Crippen molar-refractivity contribution < 1.29 is 9.18 Å². The number of aromatic nitrogens is 4. The van der Waals surface area contributed by atoms with Gasteiger partial charge in [-0.1, -0.05) is 30.0 Å². The Morgan fingerprint density at radius 2 is 2.00 bits per heavy atom. The third-order valence-corrected chi connectivity index (χ3v) is 8.22. The zero-order valence-corrected chi connectivity index (χ0v) is 20.2. The number of hydrazone groups is 1. The zero-order chi connectivity index (χ0) is 23.9. The van der Waals surface area contributed by atoms with E-state index in [2.05, 4.69) is 20.3 Å². The number of nitrogens with zero attached hydrogens (tertiary/aromatic N) is 5. The number of aryl methyl sites for hydroxylation is 1. The Kier molecular flexibility index (Phi) is 5.73. The molecule has 0 bridgehead atoms. The lowest BCUT2D eigenvalue weighted by atomic mass is 9.97. The number of benzene rings is 1. The SMILES string of the molecule is O=C(CSc1nnc2[nH]c(=O)c3c(n12)CCCC3)N1N=C(c2cccs2)CC1c1ccc(F)cc1. The summed E-state index contributed by atoms with van der Waals surface area (Å²) in [4.78, 5) is 29.6. The lowest BCUT2D eigenvalue weighted by molar-refractivity contribution is -0.130. The fourth-order valence-corrected chi connectivity index (χ4v) is 6.24. The number of rotatable bonds is 5. The Labute approximate surface area is 207 Å². The first-order chi connectivity index (χ1) is 17.1. The van der Waals surface area contributed by atoms with Crippen LogP contribution >= 0.6 is 23.1 Å². The Balaban J connectivity index is 1.28. The molecule has 2 aliphatic rings. The second kappa shape index (κ2) is 9.04. The minimum atomic E-state index is -0.320. The number of halogens is 1. The topological polar surface area (TPSA) is 95.7 Å². The molecular weight excluding hydrogens is 487 g/mol. The predicted molar refractivity (Wildman–Crippen MR) is 132 cm³/mol. The number of thiophene rings is 1. The van der Waals surface area contributed by atoms with Crippen molar-refractivity contribution in [2.24, 2.45) is 5.10 Å². The smallest absolute Gasteiger partial charge is 0.255 e. The van der Waals surface area contributed by atoms with Crippen LogP contribution in [0, 0.1) is 5.82 Å². The van der Waals surface area contributed by atoms with Crippen LogP contribution in [0.3, 0.4) is 0 Å². The highest BCUT2D eigenvalue weighted by Crippen LogP contribution is 2.35. The number of nitrogens with one attached hydrogen (secondary N) is 1. The Morgan fingerprint density at radius 1 is 1.17 bits per heavy atom. The van der Waals surface area contributed by atoms with Crippen molar-refractivity contribution in [3.05, 3.63) is 79.6 Å². The highest BCUT2D eigenvalue weighted by molar-refractivity contribution is 7.99. The van der Waals surface area contributed by atoms with Crippen molar-refractivity contribution in [2.75, 3.05) is 5.75 Å². The van der Waals surface area contributed by atoms with Crippen LogP contribution in [0.5, 0.6) is 0 Å². The summed E-state index contributed by atoms with van der Waals surface area (Å²) >= 11 is 2.85. The quantitative estimate of drug-likeness (QED) is 0.412. The summed E-state index contributed by atoms with van der Waals surface area (Å²) in [6.07, 6.45) is 4.05. The standard InChI is InChI=1S/C24H21FN6O2S2/c25-15-9-7-14(8-10-15)19-12-17(20-6-3-11-34-20)29-31(19)21(32)13-35-24-28-27-23-26-22(33)16-4-1-2-5-18(16)30(23)24/h3,6-11,19H,1-2,4-5,12-13H2,(H,26,27,33). The van der Waals surface area contributed by atoms with E-state index in [1.165, 1.54) is 28.9 Å². The zero-order valence-electron chi connectivity index (χ0n) is 18.6. The molecule has 0 spiro atoms. The third kappa shape index (κ3) is 4.08. The first-order valence-corrected chi connectivity index (χ1v) is 13.3. The van der Waals surface area contributed by atoms with Crippen LogP contribution in [-0.2, 0) is 17.6 Å². The van der Waals surface area contributed by atoms with Gasteiger partial charge in [0.2, 0.25) is 5.78 Å². The van der Waals surface area contributed by atoms with Gasteiger partial charge in [-0.2, -0.15) is 5.10 Å². The molecule has 0 fully saturated rings. The highest BCUT2D eigenvalue weighted by atomic mass is 32.2. The van der Waals surface area contributed by atoms with Crippen LogP contribution in [0.25, 0.3) is 5.78 Å². The van der Waals surface area contributed by atoms with E-state index in [0.717, 1.165) is 53.1 Å². The lowest BCUT2D eigenvalue weighted by Gasteiger charge is -2.22. The van der Waals surface area contributed by atoms with Crippen molar-refractivity contribution in [3.63, 3.8) is 0 Å². The van der Waals surface area contributed by atoms with Gasteiger partial charge in [-0.05, 0) is 54.8 Å². The van der Waals surface area contributed by atoms with Gasteiger partial charge in [0.1, 0.15) is 5.82 Å². The number of carbonyl (C=O) groups is 1. The molecule has 1 unspecified atom stereocenters. The molecule has 4 aromatic rings. The van der Waals surface area contributed by atoms with Gasteiger partial charge in [-0.3, -0.25) is 19.0 Å². The largest absolute Gasteiger partial charge is 0.290 e. The van der Waals surface area contributed by atoms with Gasteiger partial charge < -0.3 is 0 Å². The second-order valence-electron chi connectivity index (χ2n) is 8.55. The number of H-pyrrole nitrogens is 1. The monoisotopic (exact) mass is 508 g/mol. The van der Waals surface area contributed by atoms with E-state index in [4.69, 9.17) is 0 Å². The Morgan fingerprint density at radius 3 is 2.80 bits per heavy atom. The maximum atomic E-state index is 13.5. The molecule has 0 saturated carbocycles. The first kappa shape index (κ1) is 22.2. The van der Waals surface area contributed by atoms with E-state index in [1.807, 2.05) is 21.9 Å². The van der Waals surface area contributed by atoms with Crippen LogP contribution in [0.2, 0.25) is 0 Å². The Bertz CT molecular complexity index is 1490. The number of hydrogen-bond donors (Lipinski definition) is 1. The molecule has 11 heteroatoms. The highest BCUT2D eigenvalue weighted by Gasteiger charge is 2.33. The molecule has 0 radical (unpaired) electrons.